The SMILES string of the molecule is Nc1cc(Cl)ccc1CS(=O)(=O)Cc1ccc(Cl)cc1. The van der Waals surface area contributed by atoms with E-state index >= 15 is 0 Å². The molecule has 0 aliphatic heterocycles. The fourth-order valence-corrected chi connectivity index (χ4v) is 3.67. The van der Waals surface area contributed by atoms with E-state index in [1.165, 1.54) is 0 Å². The molecule has 2 aromatic carbocycles. The molecule has 0 atom stereocenters. The summed E-state index contributed by atoms with van der Waals surface area (Å²) in [5.41, 5.74) is 7.42. The van der Waals surface area contributed by atoms with Crippen LogP contribution in [-0.2, 0) is 21.3 Å². The number of halogens is 2. The van der Waals surface area contributed by atoms with Crippen molar-refractivity contribution in [3.8, 4) is 0 Å². The summed E-state index contributed by atoms with van der Waals surface area (Å²) < 4.78 is 24.3. The Labute approximate surface area is 128 Å². The van der Waals surface area contributed by atoms with Gasteiger partial charge in [0.05, 0.1) is 11.5 Å². The van der Waals surface area contributed by atoms with Crippen LogP contribution in [0.2, 0.25) is 10.0 Å². The highest BCUT2D eigenvalue weighted by molar-refractivity contribution is 7.89. The van der Waals surface area contributed by atoms with E-state index in [1.807, 2.05) is 0 Å². The summed E-state index contributed by atoms with van der Waals surface area (Å²) in [7, 11) is -3.30. The number of benzene rings is 2. The highest BCUT2D eigenvalue weighted by Crippen LogP contribution is 2.22. The van der Waals surface area contributed by atoms with Crippen LogP contribution in [0.3, 0.4) is 0 Å². The largest absolute Gasteiger partial charge is 0.398 e. The summed E-state index contributed by atoms with van der Waals surface area (Å²) in [4.78, 5) is 0. The highest BCUT2D eigenvalue weighted by atomic mass is 35.5. The van der Waals surface area contributed by atoms with Crippen molar-refractivity contribution in [1.29, 1.82) is 0 Å². The Morgan fingerprint density at radius 1 is 0.900 bits per heavy atom. The van der Waals surface area contributed by atoms with Crippen LogP contribution in [0.4, 0.5) is 5.69 Å². The molecular formula is C14H13Cl2NO2S. The first kappa shape index (κ1) is 15.2. The van der Waals surface area contributed by atoms with Crippen molar-refractivity contribution in [3.05, 3.63) is 63.6 Å². The lowest BCUT2D eigenvalue weighted by molar-refractivity contribution is 0.594. The van der Waals surface area contributed by atoms with Crippen molar-refractivity contribution in [2.45, 2.75) is 11.5 Å². The van der Waals surface area contributed by atoms with E-state index in [9.17, 15) is 8.42 Å². The van der Waals surface area contributed by atoms with E-state index in [0.29, 0.717) is 26.9 Å². The zero-order chi connectivity index (χ0) is 14.8. The van der Waals surface area contributed by atoms with Gasteiger partial charge in [-0.3, -0.25) is 0 Å². The molecule has 2 N–H and O–H groups in total. The van der Waals surface area contributed by atoms with Crippen molar-refractivity contribution in [1.82, 2.24) is 0 Å². The Morgan fingerprint density at radius 2 is 1.50 bits per heavy atom. The first-order valence-corrected chi connectivity index (χ1v) is 8.42. The monoisotopic (exact) mass is 329 g/mol. The van der Waals surface area contributed by atoms with E-state index in [4.69, 9.17) is 28.9 Å². The zero-order valence-electron chi connectivity index (χ0n) is 10.5. The highest BCUT2D eigenvalue weighted by Gasteiger charge is 2.15. The Hall–Kier alpha value is -1.23. The van der Waals surface area contributed by atoms with Crippen molar-refractivity contribution in [3.63, 3.8) is 0 Å². The van der Waals surface area contributed by atoms with Gasteiger partial charge in [-0.05, 0) is 35.4 Å². The van der Waals surface area contributed by atoms with Gasteiger partial charge in [-0.15, -0.1) is 0 Å². The molecule has 2 aromatic rings. The molecule has 0 unspecified atom stereocenters. The molecule has 0 radical (unpaired) electrons. The lowest BCUT2D eigenvalue weighted by Crippen LogP contribution is -2.09. The molecule has 0 aliphatic rings. The molecule has 0 fully saturated rings. The van der Waals surface area contributed by atoms with Gasteiger partial charge >= 0.3 is 0 Å². The topological polar surface area (TPSA) is 60.2 Å². The van der Waals surface area contributed by atoms with Gasteiger partial charge in [0.2, 0.25) is 0 Å². The van der Waals surface area contributed by atoms with E-state index in [0.717, 1.165) is 0 Å². The van der Waals surface area contributed by atoms with Gasteiger partial charge in [-0.1, -0.05) is 41.4 Å². The molecule has 2 rings (SSSR count). The van der Waals surface area contributed by atoms with E-state index < -0.39 is 9.84 Å². The smallest absolute Gasteiger partial charge is 0.158 e. The molecule has 0 heterocycles. The molecule has 106 valence electrons. The number of rotatable bonds is 4. The fraction of sp³-hybridized carbons (Fsp3) is 0.143. The number of nitrogen functional groups attached to an aromatic ring is 1. The molecule has 20 heavy (non-hydrogen) atoms. The summed E-state index contributed by atoms with van der Waals surface area (Å²) >= 11 is 11.6. The van der Waals surface area contributed by atoms with Crippen LogP contribution < -0.4 is 5.73 Å². The normalized spacial score (nSPS) is 11.5. The summed E-state index contributed by atoms with van der Waals surface area (Å²) in [5.74, 6) is -0.162. The third kappa shape index (κ3) is 4.13. The van der Waals surface area contributed by atoms with Gasteiger partial charge in [0.25, 0.3) is 0 Å². The van der Waals surface area contributed by atoms with Gasteiger partial charge < -0.3 is 5.73 Å². The van der Waals surface area contributed by atoms with Gasteiger partial charge in [0, 0.05) is 15.7 Å². The Bertz CT molecular complexity index is 712. The standard InChI is InChI=1S/C14H13Cl2NO2S/c15-12-4-1-10(2-5-12)8-20(18,19)9-11-3-6-13(16)7-14(11)17/h1-7H,8-9,17H2. The number of hydrogen-bond donors (Lipinski definition) is 1. The van der Waals surface area contributed by atoms with Gasteiger partial charge in [-0.25, -0.2) is 8.42 Å². The zero-order valence-corrected chi connectivity index (χ0v) is 12.8. The first-order valence-electron chi connectivity index (χ1n) is 5.84. The van der Waals surface area contributed by atoms with Crippen molar-refractivity contribution < 1.29 is 8.42 Å². The lowest BCUT2D eigenvalue weighted by Gasteiger charge is -2.08. The van der Waals surface area contributed by atoms with Gasteiger partial charge in [0.15, 0.2) is 9.84 Å². The molecule has 0 amide bonds. The molecule has 0 bridgehead atoms. The number of sulfone groups is 1. The summed E-state index contributed by atoms with van der Waals surface area (Å²) in [6, 6.07) is 11.6. The Morgan fingerprint density at radius 3 is 2.10 bits per heavy atom. The van der Waals surface area contributed by atoms with Crippen molar-refractivity contribution >= 4 is 38.7 Å². The van der Waals surface area contributed by atoms with E-state index in [1.54, 1.807) is 42.5 Å². The van der Waals surface area contributed by atoms with Crippen LogP contribution >= 0.6 is 23.2 Å². The average molecular weight is 330 g/mol. The molecular weight excluding hydrogens is 317 g/mol. The minimum absolute atomic E-state index is 0.0494. The fourth-order valence-electron chi connectivity index (χ4n) is 1.82. The Kier molecular flexibility index (Phi) is 4.58. The van der Waals surface area contributed by atoms with Crippen LogP contribution in [0.1, 0.15) is 11.1 Å². The third-order valence-electron chi connectivity index (χ3n) is 2.78. The maximum Gasteiger partial charge on any atom is 0.158 e. The number of nitrogens with two attached hydrogens (primary N) is 1. The molecule has 3 nitrogen and oxygen atoms in total. The van der Waals surface area contributed by atoms with Crippen LogP contribution in [0.15, 0.2) is 42.5 Å². The average Bonchev–Trinajstić information content (AvgIpc) is 2.35. The summed E-state index contributed by atoms with van der Waals surface area (Å²) in [5, 5.41) is 1.06. The van der Waals surface area contributed by atoms with Crippen molar-refractivity contribution in [2.24, 2.45) is 0 Å². The quantitative estimate of drug-likeness (QED) is 0.870. The van der Waals surface area contributed by atoms with E-state index in [-0.39, 0.29) is 11.5 Å². The summed E-state index contributed by atoms with van der Waals surface area (Å²) in [6.45, 7) is 0. The second-order valence-electron chi connectivity index (χ2n) is 4.50. The molecule has 0 saturated heterocycles. The van der Waals surface area contributed by atoms with Crippen LogP contribution in [0.25, 0.3) is 0 Å². The molecule has 0 saturated carbocycles. The van der Waals surface area contributed by atoms with Crippen LogP contribution in [-0.4, -0.2) is 8.42 Å². The molecule has 0 aliphatic carbocycles. The van der Waals surface area contributed by atoms with Gasteiger partial charge in [0.1, 0.15) is 0 Å². The molecule has 0 aromatic heterocycles. The first-order chi connectivity index (χ1) is 9.35. The Balaban J connectivity index is 2.17. The molecule has 6 heteroatoms. The maximum absolute atomic E-state index is 12.2. The maximum atomic E-state index is 12.2. The number of anilines is 1. The van der Waals surface area contributed by atoms with Crippen LogP contribution in [0, 0.1) is 0 Å². The minimum Gasteiger partial charge on any atom is -0.398 e. The molecule has 0 spiro atoms. The van der Waals surface area contributed by atoms with Gasteiger partial charge in [-0.2, -0.15) is 0 Å². The second-order valence-corrected chi connectivity index (χ2v) is 7.44. The second kappa shape index (κ2) is 6.04. The van der Waals surface area contributed by atoms with E-state index in [2.05, 4.69) is 0 Å². The third-order valence-corrected chi connectivity index (χ3v) is 4.79. The predicted octanol–water partition coefficient (Wildman–Crippen LogP) is 3.69. The predicted molar refractivity (Wildman–Crippen MR) is 83.6 cm³/mol. The number of hydrogen-bond acceptors (Lipinski definition) is 3. The summed E-state index contributed by atoms with van der Waals surface area (Å²) in [6.07, 6.45) is 0. The van der Waals surface area contributed by atoms with Crippen molar-refractivity contribution in [2.75, 3.05) is 5.73 Å². The lowest BCUT2D eigenvalue weighted by atomic mass is 10.2. The minimum atomic E-state index is -3.30. The van der Waals surface area contributed by atoms with Crippen LogP contribution in [0.5, 0.6) is 0 Å².